The first kappa shape index (κ1) is 15.5. The van der Waals surface area contributed by atoms with Crippen molar-refractivity contribution < 1.29 is 9.59 Å². The number of nitrogens with two attached hydrogens (primary N) is 1. The number of amides is 2. The van der Waals surface area contributed by atoms with E-state index >= 15 is 0 Å². The highest BCUT2D eigenvalue weighted by Gasteiger charge is 2.11. The second-order valence-corrected chi connectivity index (χ2v) is 5.82. The summed E-state index contributed by atoms with van der Waals surface area (Å²) in [4.78, 5) is 23.8. The summed E-state index contributed by atoms with van der Waals surface area (Å²) < 4.78 is 1.72. The van der Waals surface area contributed by atoms with Crippen molar-refractivity contribution in [3.63, 3.8) is 0 Å². The minimum absolute atomic E-state index is 0.112. The van der Waals surface area contributed by atoms with Crippen LogP contribution in [0.4, 0.5) is 0 Å². The molecule has 10 heteroatoms. The number of hydrogen-bond donors (Lipinski definition) is 3. The Morgan fingerprint density at radius 3 is 2.86 bits per heavy atom. The fourth-order valence-electron chi connectivity index (χ4n) is 1.41. The Morgan fingerprint density at radius 1 is 1.43 bits per heavy atom. The fourth-order valence-corrected chi connectivity index (χ4v) is 2.76. The van der Waals surface area contributed by atoms with Gasteiger partial charge in [-0.1, -0.05) is 17.8 Å². The zero-order valence-electron chi connectivity index (χ0n) is 11.2. The van der Waals surface area contributed by atoms with Crippen LogP contribution in [0.2, 0.25) is 0 Å². The number of carbonyl (C=O) groups is 2. The number of thioether (sulfide) groups is 1. The van der Waals surface area contributed by atoms with Gasteiger partial charge in [0, 0.05) is 7.05 Å². The van der Waals surface area contributed by atoms with Crippen molar-refractivity contribution in [1.29, 1.82) is 0 Å². The Balaban J connectivity index is 1.77. The van der Waals surface area contributed by atoms with Crippen molar-refractivity contribution in [2.75, 3.05) is 5.75 Å². The summed E-state index contributed by atoms with van der Waals surface area (Å²) in [6.45, 7) is 0.285. The molecule has 0 unspecified atom stereocenters. The van der Waals surface area contributed by atoms with Gasteiger partial charge >= 0.3 is 0 Å². The standard InChI is InChI=1S/C11H14N6O2S2/c1-17-8(5-12)13-16-11(17)21-6-9(18)14-15-10(19)7-3-2-4-20-7/h2-4H,5-6,12H2,1H3,(H,14,18)(H,15,19). The van der Waals surface area contributed by atoms with Crippen LogP contribution in [0.1, 0.15) is 15.5 Å². The van der Waals surface area contributed by atoms with Crippen molar-refractivity contribution in [3.8, 4) is 0 Å². The molecule has 0 saturated carbocycles. The highest BCUT2D eigenvalue weighted by atomic mass is 32.2. The molecule has 2 aromatic rings. The zero-order valence-corrected chi connectivity index (χ0v) is 12.8. The molecule has 0 radical (unpaired) electrons. The molecule has 2 aromatic heterocycles. The van der Waals surface area contributed by atoms with Gasteiger partial charge in [0.1, 0.15) is 5.82 Å². The molecule has 21 heavy (non-hydrogen) atoms. The molecular formula is C11H14N6O2S2. The van der Waals surface area contributed by atoms with E-state index < -0.39 is 0 Å². The number of nitrogens with one attached hydrogen (secondary N) is 2. The van der Waals surface area contributed by atoms with E-state index in [0.717, 1.165) is 0 Å². The fraction of sp³-hybridized carbons (Fsp3) is 0.273. The second kappa shape index (κ2) is 7.20. The first-order valence-electron chi connectivity index (χ1n) is 5.95. The van der Waals surface area contributed by atoms with Crippen LogP contribution in [-0.4, -0.2) is 32.3 Å². The van der Waals surface area contributed by atoms with Gasteiger partial charge in [0.05, 0.1) is 17.2 Å². The van der Waals surface area contributed by atoms with Crippen LogP contribution in [-0.2, 0) is 18.4 Å². The highest BCUT2D eigenvalue weighted by Crippen LogP contribution is 2.14. The zero-order chi connectivity index (χ0) is 15.2. The van der Waals surface area contributed by atoms with Crippen molar-refractivity contribution in [2.45, 2.75) is 11.7 Å². The maximum Gasteiger partial charge on any atom is 0.279 e. The minimum Gasteiger partial charge on any atom is -0.324 e. The van der Waals surface area contributed by atoms with Crippen molar-refractivity contribution in [2.24, 2.45) is 12.8 Å². The molecule has 2 heterocycles. The molecule has 112 valence electrons. The number of carbonyl (C=O) groups excluding carboxylic acids is 2. The number of rotatable bonds is 5. The lowest BCUT2D eigenvalue weighted by Gasteiger charge is -2.06. The largest absolute Gasteiger partial charge is 0.324 e. The smallest absolute Gasteiger partial charge is 0.279 e. The number of aromatic nitrogens is 3. The van der Waals surface area contributed by atoms with Gasteiger partial charge in [-0.2, -0.15) is 0 Å². The summed E-state index contributed by atoms with van der Waals surface area (Å²) in [6.07, 6.45) is 0. The van der Waals surface area contributed by atoms with Crippen LogP contribution in [0.5, 0.6) is 0 Å². The molecule has 0 aliphatic rings. The summed E-state index contributed by atoms with van der Waals surface area (Å²) >= 11 is 2.51. The molecular weight excluding hydrogens is 312 g/mol. The van der Waals surface area contributed by atoms with E-state index in [4.69, 9.17) is 5.73 Å². The van der Waals surface area contributed by atoms with Crippen LogP contribution in [0.3, 0.4) is 0 Å². The number of hydrazine groups is 1. The van der Waals surface area contributed by atoms with Gasteiger partial charge in [-0.3, -0.25) is 20.4 Å². The molecule has 2 amide bonds. The molecule has 0 saturated heterocycles. The van der Waals surface area contributed by atoms with Crippen molar-refractivity contribution >= 4 is 34.9 Å². The van der Waals surface area contributed by atoms with Crippen molar-refractivity contribution in [3.05, 3.63) is 28.2 Å². The molecule has 8 nitrogen and oxygen atoms in total. The SMILES string of the molecule is Cn1c(CN)nnc1SCC(=O)NNC(=O)c1cccs1. The van der Waals surface area contributed by atoms with Crippen LogP contribution in [0.25, 0.3) is 0 Å². The number of thiophene rings is 1. The molecule has 0 bridgehead atoms. The first-order valence-corrected chi connectivity index (χ1v) is 7.82. The second-order valence-electron chi connectivity index (χ2n) is 3.93. The van der Waals surface area contributed by atoms with Crippen LogP contribution in [0, 0.1) is 0 Å². The third kappa shape index (κ3) is 4.03. The Labute approximate surface area is 129 Å². The lowest BCUT2D eigenvalue weighted by Crippen LogP contribution is -2.42. The van der Waals surface area contributed by atoms with E-state index in [2.05, 4.69) is 21.0 Å². The third-order valence-corrected chi connectivity index (χ3v) is 4.39. The predicted molar refractivity (Wildman–Crippen MR) is 79.5 cm³/mol. The van der Waals surface area contributed by atoms with E-state index in [1.165, 1.54) is 23.1 Å². The monoisotopic (exact) mass is 326 g/mol. The molecule has 0 aliphatic carbocycles. The Hall–Kier alpha value is -1.91. The molecule has 0 atom stereocenters. The van der Waals surface area contributed by atoms with Gasteiger partial charge < -0.3 is 10.3 Å². The normalized spacial score (nSPS) is 10.4. The van der Waals surface area contributed by atoms with Gasteiger partial charge in [0.15, 0.2) is 5.16 Å². The number of nitrogens with zero attached hydrogens (tertiary/aromatic N) is 3. The third-order valence-electron chi connectivity index (χ3n) is 2.50. The van der Waals surface area contributed by atoms with E-state index in [1.807, 2.05) is 0 Å². The highest BCUT2D eigenvalue weighted by molar-refractivity contribution is 7.99. The van der Waals surface area contributed by atoms with Crippen LogP contribution >= 0.6 is 23.1 Å². The van der Waals surface area contributed by atoms with E-state index in [9.17, 15) is 9.59 Å². The maximum absolute atomic E-state index is 11.7. The summed E-state index contributed by atoms with van der Waals surface area (Å²) in [5.41, 5.74) is 10.2. The quantitative estimate of drug-likeness (QED) is 0.521. The van der Waals surface area contributed by atoms with Crippen molar-refractivity contribution in [1.82, 2.24) is 25.6 Å². The Kier molecular flexibility index (Phi) is 5.31. The first-order chi connectivity index (χ1) is 10.1. The molecule has 0 spiro atoms. The molecule has 2 rings (SSSR count). The molecule has 4 N–H and O–H groups in total. The summed E-state index contributed by atoms with van der Waals surface area (Å²) in [5, 5.41) is 10.2. The topological polar surface area (TPSA) is 115 Å². The average Bonchev–Trinajstić information content (AvgIpc) is 3.12. The van der Waals surface area contributed by atoms with E-state index in [0.29, 0.717) is 15.9 Å². The minimum atomic E-state index is -0.340. The molecule has 0 fully saturated rings. The summed E-state index contributed by atoms with van der Waals surface area (Å²) in [6, 6.07) is 3.44. The maximum atomic E-state index is 11.7. The summed E-state index contributed by atoms with van der Waals surface area (Å²) in [7, 11) is 1.78. The van der Waals surface area contributed by atoms with Gasteiger partial charge in [-0.05, 0) is 11.4 Å². The predicted octanol–water partition coefficient (Wildman–Crippen LogP) is -0.111. The van der Waals surface area contributed by atoms with Gasteiger partial charge in [0.25, 0.3) is 5.91 Å². The molecule has 0 aromatic carbocycles. The van der Waals surface area contributed by atoms with E-state index in [1.54, 1.807) is 29.1 Å². The molecule has 0 aliphatic heterocycles. The van der Waals surface area contributed by atoms with Crippen LogP contribution in [0.15, 0.2) is 22.7 Å². The van der Waals surface area contributed by atoms with Gasteiger partial charge in [0.2, 0.25) is 5.91 Å². The lowest BCUT2D eigenvalue weighted by molar-refractivity contribution is -0.119. The lowest BCUT2D eigenvalue weighted by atomic mass is 10.4. The van der Waals surface area contributed by atoms with Gasteiger partial charge in [-0.25, -0.2) is 0 Å². The van der Waals surface area contributed by atoms with Gasteiger partial charge in [-0.15, -0.1) is 21.5 Å². The van der Waals surface area contributed by atoms with Crippen LogP contribution < -0.4 is 16.6 Å². The summed E-state index contributed by atoms with van der Waals surface area (Å²) in [5.74, 6) is 0.0832. The Bertz CT molecular complexity index is 625. The Morgan fingerprint density at radius 2 is 2.24 bits per heavy atom. The van der Waals surface area contributed by atoms with E-state index in [-0.39, 0.29) is 24.1 Å². The number of hydrogen-bond acceptors (Lipinski definition) is 7. The average molecular weight is 326 g/mol.